The number of halogens is 1. The molecule has 0 radical (unpaired) electrons. The molecule has 0 saturated carbocycles. The quantitative estimate of drug-likeness (QED) is 0.489. The van der Waals surface area contributed by atoms with Crippen LogP contribution in [-0.2, 0) is 29.1 Å². The third-order valence-corrected chi connectivity index (χ3v) is 5.89. The molecule has 2 N–H and O–H groups in total. The fourth-order valence-corrected chi connectivity index (χ4v) is 4.42. The molecule has 0 fully saturated rings. The lowest BCUT2D eigenvalue weighted by molar-refractivity contribution is -0.138. The number of anilines is 2. The van der Waals surface area contributed by atoms with E-state index >= 15 is 0 Å². The van der Waals surface area contributed by atoms with Crippen LogP contribution in [0, 0.1) is 13.8 Å². The number of nitrogens with one attached hydrogen (secondary N) is 2. The minimum absolute atomic E-state index is 0.0275. The molecular weight excluding hydrogens is 432 g/mol. The Kier molecular flexibility index (Phi) is 7.47. The molecule has 10 heteroatoms. The molecule has 2 aromatic carbocycles. The zero-order chi connectivity index (χ0) is 22.5. The minimum Gasteiger partial charge on any atom is -0.466 e. The molecule has 2 aromatic rings. The highest BCUT2D eigenvalue weighted by molar-refractivity contribution is 7.93. The number of esters is 2. The van der Waals surface area contributed by atoms with Gasteiger partial charge in [-0.1, -0.05) is 35.4 Å². The van der Waals surface area contributed by atoms with Gasteiger partial charge in [0.2, 0.25) is 0 Å². The second kappa shape index (κ2) is 9.64. The monoisotopic (exact) mass is 452 g/mol. The van der Waals surface area contributed by atoms with Crippen molar-refractivity contribution in [2.75, 3.05) is 24.3 Å². The van der Waals surface area contributed by atoms with Crippen molar-refractivity contribution < 1.29 is 27.5 Å². The second-order valence-electron chi connectivity index (χ2n) is 6.24. The predicted molar refractivity (Wildman–Crippen MR) is 114 cm³/mol. The van der Waals surface area contributed by atoms with E-state index in [2.05, 4.69) is 19.5 Å². The highest BCUT2D eigenvalue weighted by atomic mass is 35.5. The number of carbonyl (C=O) groups excluding carboxylic acids is 2. The molecule has 0 atom stereocenters. The predicted octanol–water partition coefficient (Wildman–Crippen LogP) is 3.40. The Morgan fingerprint density at radius 2 is 1.73 bits per heavy atom. The number of rotatable bonds is 7. The highest BCUT2D eigenvalue weighted by Gasteiger charge is 2.25. The molecule has 2 rings (SSSR count). The van der Waals surface area contributed by atoms with Crippen molar-refractivity contribution in [3.05, 3.63) is 64.3 Å². The van der Waals surface area contributed by atoms with E-state index in [0.29, 0.717) is 5.69 Å². The molecule has 160 valence electrons. The van der Waals surface area contributed by atoms with E-state index in [-0.39, 0.29) is 21.3 Å². The number of carbonyl (C=O) groups is 2. The zero-order valence-electron chi connectivity index (χ0n) is 16.8. The largest absolute Gasteiger partial charge is 0.466 e. The van der Waals surface area contributed by atoms with Gasteiger partial charge in [-0.2, -0.15) is 0 Å². The van der Waals surface area contributed by atoms with E-state index in [1.54, 1.807) is 19.1 Å². The summed E-state index contributed by atoms with van der Waals surface area (Å²) in [4.78, 5) is 23.3. The van der Waals surface area contributed by atoms with Gasteiger partial charge in [-0.25, -0.2) is 18.0 Å². The van der Waals surface area contributed by atoms with Gasteiger partial charge in [-0.3, -0.25) is 4.72 Å². The van der Waals surface area contributed by atoms with Gasteiger partial charge in [0.1, 0.15) is 10.6 Å². The van der Waals surface area contributed by atoms with Crippen LogP contribution in [0.15, 0.2) is 53.1 Å². The van der Waals surface area contributed by atoms with Crippen LogP contribution in [0.4, 0.5) is 11.4 Å². The van der Waals surface area contributed by atoms with Gasteiger partial charge in [0.15, 0.2) is 0 Å². The normalized spacial score (nSPS) is 11.6. The molecule has 8 nitrogen and oxygen atoms in total. The molecule has 0 aliphatic heterocycles. The third kappa shape index (κ3) is 5.52. The lowest BCUT2D eigenvalue weighted by atomic mass is 10.1. The van der Waals surface area contributed by atoms with E-state index in [0.717, 1.165) is 31.4 Å². The van der Waals surface area contributed by atoms with Crippen molar-refractivity contribution in [2.24, 2.45) is 0 Å². The maximum absolute atomic E-state index is 13.1. The van der Waals surface area contributed by atoms with Crippen LogP contribution in [0.1, 0.15) is 11.1 Å². The molecule has 30 heavy (non-hydrogen) atoms. The summed E-state index contributed by atoms with van der Waals surface area (Å²) in [7, 11) is -1.91. The van der Waals surface area contributed by atoms with E-state index in [9.17, 15) is 18.0 Å². The van der Waals surface area contributed by atoms with Crippen molar-refractivity contribution in [3.8, 4) is 0 Å². The van der Waals surface area contributed by atoms with Crippen LogP contribution in [0.3, 0.4) is 0 Å². The number of methoxy groups -OCH3 is 2. The van der Waals surface area contributed by atoms with Crippen LogP contribution >= 0.6 is 11.6 Å². The first-order chi connectivity index (χ1) is 14.1. The lowest BCUT2D eigenvalue weighted by Crippen LogP contribution is -2.20. The Bertz CT molecular complexity index is 1110. The average Bonchev–Trinajstić information content (AvgIpc) is 2.68. The van der Waals surface area contributed by atoms with Crippen LogP contribution < -0.4 is 10.0 Å². The standard InChI is InChI=1S/C20H21ClN2O6S/c1-12-8-9-15(13(2)10-12)23-30(26,27)19-14(21)6-5-7-16(19)22-17(20(25)29-4)11-18(24)28-3/h5-11,22-23H,1-4H3/b17-11+. The van der Waals surface area contributed by atoms with Crippen molar-refractivity contribution in [1.82, 2.24) is 0 Å². The SMILES string of the molecule is COC(=O)/C=C(/Nc1cccc(Cl)c1S(=O)(=O)Nc1ccc(C)cc1C)C(=O)OC. The van der Waals surface area contributed by atoms with Gasteiger partial charge >= 0.3 is 11.9 Å². The number of benzene rings is 2. The Morgan fingerprint density at radius 3 is 2.33 bits per heavy atom. The number of sulfonamides is 1. The molecule has 0 aliphatic carbocycles. The Labute approximate surface area is 179 Å². The van der Waals surface area contributed by atoms with E-state index in [1.807, 2.05) is 13.0 Å². The molecule has 0 bridgehead atoms. The number of ether oxygens (including phenoxy) is 2. The van der Waals surface area contributed by atoms with Gasteiger partial charge in [0.05, 0.1) is 36.7 Å². The molecule has 0 aromatic heterocycles. The Hall–Kier alpha value is -3.04. The summed E-state index contributed by atoms with van der Waals surface area (Å²) in [6.45, 7) is 3.66. The second-order valence-corrected chi connectivity index (χ2v) is 8.26. The fourth-order valence-electron chi connectivity index (χ4n) is 2.58. The van der Waals surface area contributed by atoms with Gasteiger partial charge in [0.25, 0.3) is 10.0 Å². The summed E-state index contributed by atoms with van der Waals surface area (Å²) in [6, 6.07) is 9.53. The summed E-state index contributed by atoms with van der Waals surface area (Å²) >= 11 is 6.19. The first-order valence-corrected chi connectivity index (χ1v) is 10.5. The van der Waals surface area contributed by atoms with Crippen molar-refractivity contribution >= 4 is 44.9 Å². The minimum atomic E-state index is -4.16. The number of hydrogen-bond acceptors (Lipinski definition) is 7. The van der Waals surface area contributed by atoms with Crippen molar-refractivity contribution in [2.45, 2.75) is 18.7 Å². The van der Waals surface area contributed by atoms with Gasteiger partial charge in [-0.15, -0.1) is 0 Å². The molecular formula is C20H21ClN2O6S. The van der Waals surface area contributed by atoms with Gasteiger partial charge in [-0.05, 0) is 37.6 Å². The molecule has 0 amide bonds. The summed E-state index contributed by atoms with van der Waals surface area (Å²) in [5.41, 5.74) is 1.73. The maximum Gasteiger partial charge on any atom is 0.354 e. The van der Waals surface area contributed by atoms with Gasteiger partial charge < -0.3 is 14.8 Å². The van der Waals surface area contributed by atoms with Gasteiger partial charge in [0, 0.05) is 0 Å². The summed E-state index contributed by atoms with van der Waals surface area (Å²) in [5.74, 6) is -1.73. The number of hydrogen-bond donors (Lipinski definition) is 2. The van der Waals surface area contributed by atoms with Crippen LogP contribution in [0.2, 0.25) is 5.02 Å². The van der Waals surface area contributed by atoms with Crippen LogP contribution in [-0.4, -0.2) is 34.6 Å². The Morgan fingerprint density at radius 1 is 1.03 bits per heavy atom. The smallest absolute Gasteiger partial charge is 0.354 e. The van der Waals surface area contributed by atoms with Crippen LogP contribution in [0.5, 0.6) is 0 Å². The topological polar surface area (TPSA) is 111 Å². The molecule has 0 aliphatic rings. The molecule has 0 saturated heterocycles. The summed E-state index contributed by atoms with van der Waals surface area (Å²) < 4.78 is 37.9. The average molecular weight is 453 g/mol. The highest BCUT2D eigenvalue weighted by Crippen LogP contribution is 2.32. The van der Waals surface area contributed by atoms with E-state index in [1.165, 1.54) is 18.2 Å². The first kappa shape index (κ1) is 23.2. The summed E-state index contributed by atoms with van der Waals surface area (Å²) in [5, 5.41) is 2.52. The molecule has 0 heterocycles. The molecule has 0 spiro atoms. The third-order valence-electron chi connectivity index (χ3n) is 4.00. The maximum atomic E-state index is 13.1. The zero-order valence-corrected chi connectivity index (χ0v) is 18.3. The first-order valence-electron chi connectivity index (χ1n) is 8.62. The van der Waals surface area contributed by atoms with E-state index in [4.69, 9.17) is 11.6 Å². The van der Waals surface area contributed by atoms with E-state index < -0.39 is 22.0 Å². The summed E-state index contributed by atoms with van der Waals surface area (Å²) in [6.07, 6.45) is 0.848. The lowest BCUT2D eigenvalue weighted by Gasteiger charge is -2.17. The molecule has 0 unspecified atom stereocenters. The number of aryl methyl sites for hydroxylation is 2. The fraction of sp³-hybridized carbons (Fsp3) is 0.200. The van der Waals surface area contributed by atoms with Crippen molar-refractivity contribution in [3.63, 3.8) is 0 Å². The van der Waals surface area contributed by atoms with Crippen molar-refractivity contribution in [1.29, 1.82) is 0 Å². The van der Waals surface area contributed by atoms with Crippen LogP contribution in [0.25, 0.3) is 0 Å². The Balaban J connectivity index is 2.52.